The Balaban J connectivity index is 1.80. The van der Waals surface area contributed by atoms with Gasteiger partial charge in [0.2, 0.25) is 0 Å². The second-order valence-corrected chi connectivity index (χ2v) is 9.45. The maximum atomic E-state index is 13.9. The van der Waals surface area contributed by atoms with Gasteiger partial charge in [0.1, 0.15) is 5.76 Å². The summed E-state index contributed by atoms with van der Waals surface area (Å²) in [4.78, 5) is 40.1. The fourth-order valence-corrected chi connectivity index (χ4v) is 5.05. The molecule has 36 heavy (non-hydrogen) atoms. The summed E-state index contributed by atoms with van der Waals surface area (Å²) in [5, 5.41) is 3.87. The number of aryl methyl sites for hydroxylation is 1. The van der Waals surface area contributed by atoms with E-state index in [-0.39, 0.29) is 47.2 Å². The highest BCUT2D eigenvalue weighted by Gasteiger charge is 2.26. The van der Waals surface area contributed by atoms with Crippen LogP contribution in [0.15, 0.2) is 65.0 Å². The summed E-state index contributed by atoms with van der Waals surface area (Å²) >= 11 is 0. The van der Waals surface area contributed by atoms with E-state index < -0.39 is 0 Å². The van der Waals surface area contributed by atoms with Crippen molar-refractivity contribution in [1.29, 1.82) is 0 Å². The molecule has 2 atom stereocenters. The molecular weight excluding hydrogens is 454 g/mol. The van der Waals surface area contributed by atoms with Crippen LogP contribution in [0.3, 0.4) is 0 Å². The molecule has 188 valence electrons. The fourth-order valence-electron chi connectivity index (χ4n) is 5.05. The van der Waals surface area contributed by atoms with E-state index in [1.165, 1.54) is 11.7 Å². The summed E-state index contributed by atoms with van der Waals surface area (Å²) < 4.78 is 7.15. The summed E-state index contributed by atoms with van der Waals surface area (Å²) in [5.74, 6) is -0.254. The van der Waals surface area contributed by atoms with Gasteiger partial charge in [-0.2, -0.15) is 0 Å². The zero-order valence-corrected chi connectivity index (χ0v) is 21.0. The van der Waals surface area contributed by atoms with Crippen LogP contribution in [0, 0.1) is 6.92 Å². The van der Waals surface area contributed by atoms with Crippen molar-refractivity contribution in [3.05, 3.63) is 87.2 Å². The van der Waals surface area contributed by atoms with E-state index >= 15 is 0 Å². The van der Waals surface area contributed by atoms with Gasteiger partial charge in [-0.15, -0.1) is 0 Å². The van der Waals surface area contributed by atoms with Crippen LogP contribution >= 0.6 is 0 Å². The van der Waals surface area contributed by atoms with Gasteiger partial charge in [-0.25, -0.2) is 0 Å². The zero-order chi connectivity index (χ0) is 25.8. The smallest absolute Gasteiger partial charge is 0.262 e. The van der Waals surface area contributed by atoms with E-state index in [2.05, 4.69) is 5.32 Å². The first-order valence-electron chi connectivity index (χ1n) is 12.3. The molecule has 1 aliphatic rings. The van der Waals surface area contributed by atoms with Gasteiger partial charge >= 0.3 is 0 Å². The molecule has 7 heteroatoms. The van der Waals surface area contributed by atoms with Crippen molar-refractivity contribution in [3.8, 4) is 0 Å². The van der Waals surface area contributed by atoms with E-state index in [1.54, 1.807) is 31.2 Å². The second-order valence-electron chi connectivity index (χ2n) is 9.45. The molecule has 0 aliphatic heterocycles. The first-order valence-corrected chi connectivity index (χ1v) is 12.3. The molecule has 3 aromatic rings. The summed E-state index contributed by atoms with van der Waals surface area (Å²) in [6.45, 7) is 3.37. The van der Waals surface area contributed by atoms with Crippen molar-refractivity contribution in [2.24, 2.45) is 5.73 Å². The number of carbonyl (C=O) groups is 2. The average Bonchev–Trinajstić information content (AvgIpc) is 2.89. The van der Waals surface area contributed by atoms with Crippen LogP contribution in [0.25, 0.3) is 16.7 Å². The Labute approximate surface area is 211 Å². The van der Waals surface area contributed by atoms with Gasteiger partial charge in [0.25, 0.3) is 11.5 Å². The number of ether oxygens (including phenoxy) is 1. The Morgan fingerprint density at radius 1 is 1.08 bits per heavy atom. The summed E-state index contributed by atoms with van der Waals surface area (Å²) in [6, 6.07) is 16.4. The molecular formula is C29H33N3O4. The van der Waals surface area contributed by atoms with E-state index in [1.807, 2.05) is 37.3 Å². The minimum Gasteiger partial charge on any atom is -0.495 e. The third-order valence-corrected chi connectivity index (χ3v) is 6.99. The lowest BCUT2D eigenvalue weighted by Gasteiger charge is -2.27. The minimum atomic E-state index is -0.376. The number of fused-ring (bicyclic) bond motifs is 1. The van der Waals surface area contributed by atoms with Crippen LogP contribution in [0.5, 0.6) is 0 Å². The van der Waals surface area contributed by atoms with Crippen molar-refractivity contribution < 1.29 is 14.3 Å². The number of amides is 1. The lowest BCUT2D eigenvalue weighted by Crippen LogP contribution is -2.42. The van der Waals surface area contributed by atoms with Gasteiger partial charge in [0.15, 0.2) is 5.78 Å². The molecule has 2 aromatic carbocycles. The number of hydrogen-bond acceptors (Lipinski definition) is 5. The van der Waals surface area contributed by atoms with Gasteiger partial charge in [-0.1, -0.05) is 48.5 Å². The molecule has 0 radical (unpaired) electrons. The molecule has 1 heterocycles. The van der Waals surface area contributed by atoms with E-state index in [9.17, 15) is 14.4 Å². The second kappa shape index (κ2) is 10.9. The molecule has 1 amide bonds. The predicted molar refractivity (Wildman–Crippen MR) is 142 cm³/mol. The SMILES string of the molecule is CO/C(=C(/C)C(=O)NC1CCCC(N)C1)c1c(C)c2ccccc2n(CC(=O)c2ccccc2)c1=O. The zero-order valence-electron chi connectivity index (χ0n) is 21.0. The highest BCUT2D eigenvalue weighted by Crippen LogP contribution is 2.27. The van der Waals surface area contributed by atoms with Gasteiger partial charge < -0.3 is 15.8 Å². The van der Waals surface area contributed by atoms with Gasteiger partial charge in [-0.05, 0) is 51.2 Å². The minimum absolute atomic E-state index is 0.00726. The first-order chi connectivity index (χ1) is 17.3. The highest BCUT2D eigenvalue weighted by molar-refractivity contribution is 6.01. The molecule has 3 N–H and O–H groups in total. The number of nitrogens with two attached hydrogens (primary N) is 1. The number of nitrogens with one attached hydrogen (secondary N) is 1. The number of carbonyl (C=O) groups excluding carboxylic acids is 2. The number of para-hydroxylation sites is 1. The highest BCUT2D eigenvalue weighted by atomic mass is 16.5. The maximum absolute atomic E-state index is 13.9. The van der Waals surface area contributed by atoms with Gasteiger partial charge in [-0.3, -0.25) is 19.0 Å². The number of aromatic nitrogens is 1. The quantitative estimate of drug-likeness (QED) is 0.298. The van der Waals surface area contributed by atoms with Crippen LogP contribution < -0.4 is 16.6 Å². The van der Waals surface area contributed by atoms with Gasteiger partial charge in [0.05, 0.1) is 30.3 Å². The lowest BCUT2D eigenvalue weighted by molar-refractivity contribution is -0.118. The summed E-state index contributed by atoms with van der Waals surface area (Å²) in [6.07, 6.45) is 3.53. The van der Waals surface area contributed by atoms with Crippen molar-refractivity contribution in [2.75, 3.05) is 7.11 Å². The number of hydrogen-bond donors (Lipinski definition) is 2. The molecule has 0 spiro atoms. The average molecular weight is 488 g/mol. The third kappa shape index (κ3) is 5.11. The van der Waals surface area contributed by atoms with Crippen LogP contribution in [0.1, 0.15) is 54.1 Å². The molecule has 2 unspecified atom stereocenters. The van der Waals surface area contributed by atoms with E-state index in [0.29, 0.717) is 22.2 Å². The number of nitrogens with zero attached hydrogens (tertiary/aromatic N) is 1. The van der Waals surface area contributed by atoms with Crippen molar-refractivity contribution in [1.82, 2.24) is 9.88 Å². The van der Waals surface area contributed by atoms with Crippen LogP contribution in [0.4, 0.5) is 0 Å². The number of rotatable bonds is 7. The number of Topliss-reactive ketones (excluding diaryl/α,β-unsaturated/α-hetero) is 1. The molecule has 4 rings (SSSR count). The number of methoxy groups -OCH3 is 1. The Morgan fingerprint density at radius 3 is 2.47 bits per heavy atom. The molecule has 1 aliphatic carbocycles. The molecule has 1 fully saturated rings. The number of benzene rings is 2. The van der Waals surface area contributed by atoms with Crippen molar-refractivity contribution >= 4 is 28.4 Å². The predicted octanol–water partition coefficient (Wildman–Crippen LogP) is 3.96. The Bertz CT molecular complexity index is 1370. The Morgan fingerprint density at radius 2 is 1.78 bits per heavy atom. The number of pyridine rings is 1. The Kier molecular flexibility index (Phi) is 7.70. The topological polar surface area (TPSA) is 103 Å². The normalized spacial score (nSPS) is 18.4. The molecule has 7 nitrogen and oxygen atoms in total. The molecule has 1 saturated carbocycles. The largest absolute Gasteiger partial charge is 0.495 e. The van der Waals surface area contributed by atoms with E-state index in [0.717, 1.165) is 31.1 Å². The monoisotopic (exact) mass is 487 g/mol. The van der Waals surface area contributed by atoms with Gasteiger partial charge in [0, 0.05) is 23.0 Å². The molecule has 0 saturated heterocycles. The lowest BCUT2D eigenvalue weighted by atomic mass is 9.91. The van der Waals surface area contributed by atoms with Crippen LogP contribution in [-0.2, 0) is 16.1 Å². The van der Waals surface area contributed by atoms with Crippen LogP contribution in [-0.4, -0.2) is 35.5 Å². The summed E-state index contributed by atoms with van der Waals surface area (Å²) in [5.41, 5.74) is 8.18. The Hall–Kier alpha value is -3.71. The van der Waals surface area contributed by atoms with Crippen molar-refractivity contribution in [2.45, 2.75) is 58.2 Å². The number of ketones is 1. The first kappa shape index (κ1) is 25.4. The molecule has 0 bridgehead atoms. The third-order valence-electron chi connectivity index (χ3n) is 6.99. The van der Waals surface area contributed by atoms with Crippen LogP contribution in [0.2, 0.25) is 0 Å². The van der Waals surface area contributed by atoms with Crippen molar-refractivity contribution in [3.63, 3.8) is 0 Å². The maximum Gasteiger partial charge on any atom is 0.262 e. The summed E-state index contributed by atoms with van der Waals surface area (Å²) in [7, 11) is 1.45. The molecule has 1 aromatic heterocycles. The standard InChI is InChI=1S/C29H33N3O4/c1-18-23-14-7-8-15-24(23)32(17-25(33)20-10-5-4-6-11-20)29(35)26(18)27(36-3)19(2)28(34)31-22-13-9-12-21(30)16-22/h4-8,10-11,14-15,21-22H,9,12-13,16-17,30H2,1-3H3,(H,31,34)/b27-19-. The van der Waals surface area contributed by atoms with E-state index in [4.69, 9.17) is 10.5 Å². The fraction of sp³-hybridized carbons (Fsp3) is 0.345.